The van der Waals surface area contributed by atoms with E-state index in [1.54, 1.807) is 24.3 Å². The van der Waals surface area contributed by atoms with Crippen molar-refractivity contribution in [1.82, 2.24) is 10.6 Å². The molecule has 0 aliphatic carbocycles. The van der Waals surface area contributed by atoms with E-state index in [0.717, 1.165) is 0 Å². The second-order valence-electron chi connectivity index (χ2n) is 3.49. The maximum atomic E-state index is 11.4. The molecule has 1 atom stereocenters. The highest BCUT2D eigenvalue weighted by molar-refractivity contribution is 6.31. The van der Waals surface area contributed by atoms with Crippen LogP contribution in [-0.4, -0.2) is 34.9 Å². The highest BCUT2D eigenvalue weighted by Gasteiger charge is 2.18. The van der Waals surface area contributed by atoms with Crippen LogP contribution in [0.15, 0.2) is 24.3 Å². The fraction of sp³-hybridized carbons (Fsp3) is 0.273. The van der Waals surface area contributed by atoms with Crippen LogP contribution in [-0.2, 0) is 11.3 Å². The summed E-state index contributed by atoms with van der Waals surface area (Å²) < 4.78 is 0. The third-order valence-corrected chi connectivity index (χ3v) is 2.55. The number of halogens is 1. The van der Waals surface area contributed by atoms with Crippen LogP contribution in [0.3, 0.4) is 0 Å². The molecule has 1 aromatic rings. The molecule has 1 unspecified atom stereocenters. The highest BCUT2D eigenvalue weighted by atomic mass is 35.5. The molecule has 0 aliphatic rings. The lowest BCUT2D eigenvalue weighted by atomic mass is 10.2. The second kappa shape index (κ2) is 6.83. The van der Waals surface area contributed by atoms with Gasteiger partial charge in [-0.25, -0.2) is 9.59 Å². The number of carboxylic acid groups (broad SMARTS) is 1. The standard InChI is InChI=1S/C11H13ClN2O4/c12-8-4-2-1-3-7(8)5-13-11(18)14-9(6-15)10(16)17/h1-4,9,15H,5-6H2,(H,16,17)(H2,13,14,18). The largest absolute Gasteiger partial charge is 0.480 e. The molecule has 1 aromatic carbocycles. The van der Waals surface area contributed by atoms with E-state index in [4.69, 9.17) is 21.8 Å². The molecule has 0 fully saturated rings. The van der Waals surface area contributed by atoms with Crippen LogP contribution in [0.4, 0.5) is 4.79 Å². The lowest BCUT2D eigenvalue weighted by molar-refractivity contribution is -0.140. The van der Waals surface area contributed by atoms with Crippen LogP contribution in [0, 0.1) is 0 Å². The number of rotatable bonds is 5. The maximum Gasteiger partial charge on any atom is 0.328 e. The number of aliphatic carboxylic acids is 1. The molecule has 98 valence electrons. The van der Waals surface area contributed by atoms with Crippen molar-refractivity contribution < 1.29 is 19.8 Å². The Hall–Kier alpha value is -1.79. The summed E-state index contributed by atoms with van der Waals surface area (Å²) in [6.45, 7) is -0.502. The summed E-state index contributed by atoms with van der Waals surface area (Å²) in [6, 6.07) is 4.95. The van der Waals surface area contributed by atoms with Crippen LogP contribution in [0.5, 0.6) is 0 Å². The molecule has 0 aliphatic heterocycles. The topological polar surface area (TPSA) is 98.7 Å². The number of hydrogen-bond donors (Lipinski definition) is 4. The van der Waals surface area contributed by atoms with E-state index >= 15 is 0 Å². The normalized spacial score (nSPS) is 11.7. The maximum absolute atomic E-state index is 11.4. The van der Waals surface area contributed by atoms with Crippen LogP contribution >= 0.6 is 11.6 Å². The minimum Gasteiger partial charge on any atom is -0.480 e. The number of amides is 2. The molecule has 18 heavy (non-hydrogen) atoms. The van der Waals surface area contributed by atoms with E-state index in [0.29, 0.717) is 10.6 Å². The number of carbonyl (C=O) groups excluding carboxylic acids is 1. The average molecular weight is 273 g/mol. The van der Waals surface area contributed by atoms with Crippen molar-refractivity contribution in [2.24, 2.45) is 0 Å². The average Bonchev–Trinajstić information content (AvgIpc) is 2.34. The summed E-state index contributed by atoms with van der Waals surface area (Å²) in [5.74, 6) is -1.30. The molecule has 0 aromatic heterocycles. The smallest absolute Gasteiger partial charge is 0.328 e. The summed E-state index contributed by atoms with van der Waals surface area (Å²) >= 11 is 5.89. The predicted octanol–water partition coefficient (Wildman–Crippen LogP) is 0.585. The van der Waals surface area contributed by atoms with Gasteiger partial charge in [0.2, 0.25) is 0 Å². The van der Waals surface area contributed by atoms with Crippen molar-refractivity contribution in [2.45, 2.75) is 12.6 Å². The first-order valence-electron chi connectivity index (χ1n) is 5.16. The summed E-state index contributed by atoms with van der Waals surface area (Å²) in [5, 5.41) is 22.4. The van der Waals surface area contributed by atoms with Crippen LogP contribution in [0.25, 0.3) is 0 Å². The zero-order valence-corrected chi connectivity index (χ0v) is 10.1. The van der Waals surface area contributed by atoms with Crippen LogP contribution in [0.1, 0.15) is 5.56 Å². The van der Waals surface area contributed by atoms with E-state index in [1.807, 2.05) is 0 Å². The van der Waals surface area contributed by atoms with E-state index in [1.165, 1.54) is 0 Å². The van der Waals surface area contributed by atoms with Gasteiger partial charge in [-0.05, 0) is 11.6 Å². The van der Waals surface area contributed by atoms with Crippen molar-refractivity contribution in [3.05, 3.63) is 34.9 Å². The lowest BCUT2D eigenvalue weighted by Gasteiger charge is -2.13. The van der Waals surface area contributed by atoms with Gasteiger partial charge in [0.1, 0.15) is 0 Å². The number of aliphatic hydroxyl groups excluding tert-OH is 1. The van der Waals surface area contributed by atoms with Crippen LogP contribution < -0.4 is 10.6 Å². The van der Waals surface area contributed by atoms with Gasteiger partial charge >= 0.3 is 12.0 Å². The first-order chi connectivity index (χ1) is 8.54. The molecule has 0 heterocycles. The molecule has 0 bridgehead atoms. The van der Waals surface area contributed by atoms with E-state index in [9.17, 15) is 9.59 Å². The zero-order chi connectivity index (χ0) is 13.5. The minimum absolute atomic E-state index is 0.170. The fourth-order valence-corrected chi connectivity index (χ4v) is 1.41. The van der Waals surface area contributed by atoms with Gasteiger partial charge in [0, 0.05) is 11.6 Å². The number of aliphatic hydroxyl groups is 1. The van der Waals surface area contributed by atoms with Crippen molar-refractivity contribution in [3.8, 4) is 0 Å². The van der Waals surface area contributed by atoms with Gasteiger partial charge in [-0.3, -0.25) is 0 Å². The van der Waals surface area contributed by atoms with E-state index in [2.05, 4.69) is 10.6 Å². The Balaban J connectivity index is 2.47. The van der Waals surface area contributed by atoms with Gasteiger partial charge in [0.15, 0.2) is 6.04 Å². The first-order valence-corrected chi connectivity index (χ1v) is 5.54. The minimum atomic E-state index is -1.32. The monoisotopic (exact) mass is 272 g/mol. The molecule has 0 saturated heterocycles. The summed E-state index contributed by atoms with van der Waals surface area (Å²) in [6.07, 6.45) is 0. The van der Waals surface area contributed by atoms with E-state index < -0.39 is 24.6 Å². The summed E-state index contributed by atoms with van der Waals surface area (Å²) in [7, 11) is 0. The molecule has 0 saturated carbocycles. The van der Waals surface area contributed by atoms with Crippen LogP contribution in [0.2, 0.25) is 5.02 Å². The summed E-state index contributed by atoms with van der Waals surface area (Å²) in [4.78, 5) is 21.9. The molecule has 1 rings (SSSR count). The van der Waals surface area contributed by atoms with Gasteiger partial charge in [-0.2, -0.15) is 0 Å². The van der Waals surface area contributed by atoms with Crippen molar-refractivity contribution in [2.75, 3.05) is 6.61 Å². The number of nitrogens with one attached hydrogen (secondary N) is 2. The number of carboxylic acids is 1. The van der Waals surface area contributed by atoms with Crippen molar-refractivity contribution in [1.29, 1.82) is 0 Å². The molecule has 6 nitrogen and oxygen atoms in total. The fourth-order valence-electron chi connectivity index (χ4n) is 1.21. The quantitative estimate of drug-likeness (QED) is 0.630. The van der Waals surface area contributed by atoms with Gasteiger partial charge in [0.25, 0.3) is 0 Å². The number of hydrogen-bond acceptors (Lipinski definition) is 3. The molecule has 2 amide bonds. The molecular weight excluding hydrogens is 260 g/mol. The second-order valence-corrected chi connectivity index (χ2v) is 3.90. The Morgan fingerprint density at radius 1 is 1.33 bits per heavy atom. The molecular formula is C11H13ClN2O4. The van der Waals surface area contributed by atoms with Crippen molar-refractivity contribution >= 4 is 23.6 Å². The summed E-state index contributed by atoms with van der Waals surface area (Å²) in [5.41, 5.74) is 0.713. The molecule has 0 spiro atoms. The van der Waals surface area contributed by atoms with Gasteiger partial charge < -0.3 is 20.8 Å². The highest BCUT2D eigenvalue weighted by Crippen LogP contribution is 2.14. The number of urea groups is 1. The molecule has 7 heteroatoms. The van der Waals surface area contributed by atoms with E-state index in [-0.39, 0.29) is 6.54 Å². The molecule has 0 radical (unpaired) electrons. The van der Waals surface area contributed by atoms with Gasteiger partial charge in [-0.1, -0.05) is 29.8 Å². The Kier molecular flexibility index (Phi) is 5.41. The lowest BCUT2D eigenvalue weighted by Crippen LogP contribution is -2.47. The Labute approximate surface area is 109 Å². The van der Waals surface area contributed by atoms with Gasteiger partial charge in [-0.15, -0.1) is 0 Å². The van der Waals surface area contributed by atoms with Gasteiger partial charge in [0.05, 0.1) is 6.61 Å². The molecule has 4 N–H and O–H groups in total. The third kappa shape index (κ3) is 4.23. The Morgan fingerprint density at radius 3 is 2.56 bits per heavy atom. The van der Waals surface area contributed by atoms with Crippen molar-refractivity contribution in [3.63, 3.8) is 0 Å². The third-order valence-electron chi connectivity index (χ3n) is 2.18. The Bertz CT molecular complexity index is 439. The Morgan fingerprint density at radius 2 is 2.00 bits per heavy atom. The predicted molar refractivity (Wildman–Crippen MR) is 65.3 cm³/mol. The number of benzene rings is 1. The zero-order valence-electron chi connectivity index (χ0n) is 9.39. The number of carbonyl (C=O) groups is 2. The SMILES string of the molecule is O=C(NCc1ccccc1Cl)NC(CO)C(=O)O. The first kappa shape index (κ1) is 14.3.